The first-order chi connectivity index (χ1) is 11.6. The maximum atomic E-state index is 12.7. The molecule has 7 nitrogen and oxygen atoms in total. The Morgan fingerprint density at radius 3 is 2.38 bits per heavy atom. The average Bonchev–Trinajstić information content (AvgIpc) is 2.59. The van der Waals surface area contributed by atoms with Crippen molar-refractivity contribution < 1.29 is 19.0 Å². The van der Waals surface area contributed by atoms with E-state index in [1.165, 1.54) is 11.8 Å². The van der Waals surface area contributed by atoms with Crippen molar-refractivity contribution in [2.24, 2.45) is 0 Å². The summed E-state index contributed by atoms with van der Waals surface area (Å²) in [6.45, 7) is 4.78. The van der Waals surface area contributed by atoms with E-state index < -0.39 is 12.3 Å². The molecule has 0 unspecified atom stereocenters. The van der Waals surface area contributed by atoms with E-state index in [2.05, 4.69) is 5.10 Å². The Balaban J connectivity index is 2.47. The van der Waals surface area contributed by atoms with Crippen LogP contribution in [0.4, 0.5) is 0 Å². The van der Waals surface area contributed by atoms with Crippen molar-refractivity contribution in [1.82, 2.24) is 9.78 Å². The number of hydrogen-bond acceptors (Lipinski definition) is 6. The Morgan fingerprint density at radius 1 is 1.17 bits per heavy atom. The minimum atomic E-state index is -0.572. The zero-order chi connectivity index (χ0) is 17.5. The van der Waals surface area contributed by atoms with E-state index in [-0.39, 0.29) is 18.5 Å². The number of benzene rings is 1. The van der Waals surface area contributed by atoms with Gasteiger partial charge in [-0.25, -0.2) is 4.68 Å². The lowest BCUT2D eigenvalue weighted by atomic mass is 10.1. The van der Waals surface area contributed by atoms with E-state index in [9.17, 15) is 9.59 Å². The summed E-state index contributed by atoms with van der Waals surface area (Å²) >= 11 is 0. The Kier molecular flexibility index (Phi) is 6.45. The third-order valence-electron chi connectivity index (χ3n) is 3.51. The number of esters is 1. The highest BCUT2D eigenvalue weighted by Gasteiger charge is 2.17. The first-order valence-electron chi connectivity index (χ1n) is 7.89. The molecule has 1 aromatic heterocycles. The van der Waals surface area contributed by atoms with Crippen LogP contribution in [0.5, 0.6) is 0 Å². The van der Waals surface area contributed by atoms with Gasteiger partial charge >= 0.3 is 5.97 Å². The number of carbonyl (C=O) groups excluding carboxylic acids is 1. The van der Waals surface area contributed by atoms with Gasteiger partial charge in [0.25, 0.3) is 5.56 Å². The van der Waals surface area contributed by atoms with Crippen LogP contribution in [0.3, 0.4) is 0 Å². The number of aromatic nitrogens is 2. The second-order valence-electron chi connectivity index (χ2n) is 5.07. The molecule has 0 saturated carbocycles. The van der Waals surface area contributed by atoms with Crippen molar-refractivity contribution in [2.45, 2.75) is 33.1 Å². The van der Waals surface area contributed by atoms with Crippen LogP contribution in [-0.2, 0) is 32.0 Å². The van der Waals surface area contributed by atoms with E-state index in [1.807, 2.05) is 13.8 Å². The first kappa shape index (κ1) is 18.1. The molecule has 0 radical (unpaired) electrons. The van der Waals surface area contributed by atoms with Crippen LogP contribution in [0.25, 0.3) is 10.8 Å². The lowest BCUT2D eigenvalue weighted by Gasteiger charge is -2.18. The van der Waals surface area contributed by atoms with Gasteiger partial charge in [0.1, 0.15) is 0 Å². The monoisotopic (exact) mass is 334 g/mol. The van der Waals surface area contributed by atoms with Gasteiger partial charge in [-0.05, 0) is 19.9 Å². The molecular weight excluding hydrogens is 312 g/mol. The quantitative estimate of drug-likeness (QED) is 0.538. The molecule has 0 spiro atoms. The van der Waals surface area contributed by atoms with Gasteiger partial charge in [0.05, 0.1) is 31.2 Å². The third kappa shape index (κ3) is 4.18. The lowest BCUT2D eigenvalue weighted by molar-refractivity contribution is -0.145. The van der Waals surface area contributed by atoms with E-state index in [1.54, 1.807) is 24.3 Å². The topological polar surface area (TPSA) is 79.7 Å². The van der Waals surface area contributed by atoms with Crippen LogP contribution in [0.1, 0.15) is 19.5 Å². The SMILES string of the molecule is CCOC(Cn1nc(CC(=O)OC)c2ccccc2c1=O)OCC. The number of fused-ring (bicyclic) bond motifs is 1. The summed E-state index contributed by atoms with van der Waals surface area (Å²) in [5.41, 5.74) is 0.243. The van der Waals surface area contributed by atoms with Crippen LogP contribution in [0.2, 0.25) is 0 Å². The molecule has 0 aliphatic heterocycles. The Morgan fingerprint density at radius 2 is 1.79 bits per heavy atom. The lowest BCUT2D eigenvalue weighted by Crippen LogP contribution is -2.33. The number of nitrogens with zero attached hydrogens (tertiary/aromatic N) is 2. The fourth-order valence-electron chi connectivity index (χ4n) is 2.43. The molecule has 1 aromatic carbocycles. The summed E-state index contributed by atoms with van der Waals surface area (Å²) in [6.07, 6.45) is -0.581. The van der Waals surface area contributed by atoms with Crippen LogP contribution >= 0.6 is 0 Å². The van der Waals surface area contributed by atoms with Gasteiger partial charge < -0.3 is 14.2 Å². The van der Waals surface area contributed by atoms with Gasteiger partial charge in [0, 0.05) is 18.6 Å². The molecule has 0 saturated heterocycles. The normalized spacial score (nSPS) is 11.2. The van der Waals surface area contributed by atoms with Crippen LogP contribution in [0, 0.1) is 0 Å². The number of methoxy groups -OCH3 is 1. The predicted molar refractivity (Wildman–Crippen MR) is 88.8 cm³/mol. The summed E-state index contributed by atoms with van der Waals surface area (Å²) < 4.78 is 17.0. The van der Waals surface area contributed by atoms with Gasteiger partial charge in [-0.2, -0.15) is 5.10 Å². The molecule has 24 heavy (non-hydrogen) atoms. The molecule has 130 valence electrons. The van der Waals surface area contributed by atoms with Gasteiger partial charge in [0.2, 0.25) is 0 Å². The van der Waals surface area contributed by atoms with Crippen molar-refractivity contribution in [3.8, 4) is 0 Å². The van der Waals surface area contributed by atoms with Crippen molar-refractivity contribution in [3.63, 3.8) is 0 Å². The molecule has 0 N–H and O–H groups in total. The minimum absolute atomic E-state index is 0.00870. The highest BCUT2D eigenvalue weighted by Crippen LogP contribution is 2.14. The zero-order valence-electron chi connectivity index (χ0n) is 14.2. The second kappa shape index (κ2) is 8.56. The fourth-order valence-corrected chi connectivity index (χ4v) is 2.43. The van der Waals surface area contributed by atoms with Gasteiger partial charge in [-0.1, -0.05) is 18.2 Å². The van der Waals surface area contributed by atoms with E-state index >= 15 is 0 Å². The van der Waals surface area contributed by atoms with Gasteiger partial charge in [-0.3, -0.25) is 9.59 Å². The predicted octanol–water partition coefficient (Wildman–Crippen LogP) is 1.51. The minimum Gasteiger partial charge on any atom is -0.469 e. The van der Waals surface area contributed by atoms with Crippen molar-refractivity contribution >= 4 is 16.7 Å². The summed E-state index contributed by atoms with van der Waals surface area (Å²) in [6, 6.07) is 7.07. The molecule has 0 aliphatic carbocycles. The highest BCUT2D eigenvalue weighted by molar-refractivity contribution is 5.86. The first-order valence-corrected chi connectivity index (χ1v) is 7.89. The smallest absolute Gasteiger partial charge is 0.311 e. The molecule has 7 heteroatoms. The molecule has 0 atom stereocenters. The van der Waals surface area contributed by atoms with Crippen molar-refractivity contribution in [1.29, 1.82) is 0 Å². The molecule has 1 heterocycles. The van der Waals surface area contributed by atoms with E-state index in [4.69, 9.17) is 14.2 Å². The van der Waals surface area contributed by atoms with E-state index in [0.717, 1.165) is 0 Å². The maximum Gasteiger partial charge on any atom is 0.311 e. The van der Waals surface area contributed by atoms with Gasteiger partial charge in [0.15, 0.2) is 6.29 Å². The largest absolute Gasteiger partial charge is 0.469 e. The Hall–Kier alpha value is -2.25. The summed E-state index contributed by atoms with van der Waals surface area (Å²) in [4.78, 5) is 24.3. The summed E-state index contributed by atoms with van der Waals surface area (Å²) in [5, 5.41) is 5.48. The number of carbonyl (C=O) groups is 1. The molecule has 2 aromatic rings. The van der Waals surface area contributed by atoms with Crippen molar-refractivity contribution in [2.75, 3.05) is 20.3 Å². The molecule has 0 bridgehead atoms. The second-order valence-corrected chi connectivity index (χ2v) is 5.07. The van der Waals surface area contributed by atoms with Crippen molar-refractivity contribution in [3.05, 3.63) is 40.3 Å². The standard InChI is InChI=1S/C17H22N2O5/c1-4-23-16(24-5-2)11-19-17(21)13-9-7-6-8-12(13)14(18-19)10-15(20)22-3/h6-9,16H,4-5,10-11H2,1-3H3. The molecule has 2 rings (SSSR count). The number of ether oxygens (including phenoxy) is 3. The highest BCUT2D eigenvalue weighted by atomic mass is 16.7. The van der Waals surface area contributed by atoms with Gasteiger partial charge in [-0.15, -0.1) is 0 Å². The number of rotatable bonds is 8. The van der Waals surface area contributed by atoms with Crippen LogP contribution < -0.4 is 5.56 Å². The maximum absolute atomic E-state index is 12.7. The molecule has 0 aliphatic rings. The summed E-state index contributed by atoms with van der Waals surface area (Å²) in [5.74, 6) is -0.413. The van der Waals surface area contributed by atoms with Crippen LogP contribution in [0.15, 0.2) is 29.1 Å². The third-order valence-corrected chi connectivity index (χ3v) is 3.51. The zero-order valence-corrected chi connectivity index (χ0v) is 14.2. The molecule has 0 fully saturated rings. The fraction of sp³-hybridized carbons (Fsp3) is 0.471. The molecule has 0 amide bonds. The van der Waals surface area contributed by atoms with E-state index in [0.29, 0.717) is 29.7 Å². The summed E-state index contributed by atoms with van der Waals surface area (Å²) in [7, 11) is 1.32. The average molecular weight is 334 g/mol. The Labute approximate surface area is 140 Å². The van der Waals surface area contributed by atoms with Crippen LogP contribution in [-0.4, -0.2) is 42.4 Å². The molecular formula is C17H22N2O5. The Bertz CT molecular complexity index is 750. The number of hydrogen-bond donors (Lipinski definition) is 0.